The molecule has 1 atom stereocenters. The summed E-state index contributed by atoms with van der Waals surface area (Å²) in [5, 5.41) is 10.9. The number of β-amino-alcohol motifs (C(OH)–C–C–N with tert-alkyl or cyclic N) is 1. The second-order valence-corrected chi connectivity index (χ2v) is 11.5. The van der Waals surface area contributed by atoms with Crippen molar-refractivity contribution in [1.29, 1.82) is 0 Å². The molecule has 1 unspecified atom stereocenters. The summed E-state index contributed by atoms with van der Waals surface area (Å²) >= 11 is 0. The van der Waals surface area contributed by atoms with Crippen molar-refractivity contribution in [2.24, 2.45) is 0 Å². The zero-order valence-electron chi connectivity index (χ0n) is 19.6. The molecule has 1 aromatic heterocycles. The minimum atomic E-state index is -3.37. The number of hydrogen-bond acceptors (Lipinski definition) is 9. The molecule has 5 rings (SSSR count). The van der Waals surface area contributed by atoms with Crippen molar-refractivity contribution >= 4 is 27.7 Å². The summed E-state index contributed by atoms with van der Waals surface area (Å²) in [6, 6.07) is 6.45. The lowest BCUT2D eigenvalue weighted by Gasteiger charge is -2.38. The molecule has 1 N–H and O–H groups in total. The summed E-state index contributed by atoms with van der Waals surface area (Å²) in [5.41, 5.74) is 2.41. The molecule has 186 valence electrons. The van der Waals surface area contributed by atoms with E-state index in [1.165, 1.54) is 23.2 Å². The van der Waals surface area contributed by atoms with Crippen LogP contribution >= 0.6 is 0 Å². The highest BCUT2D eigenvalue weighted by Gasteiger charge is 2.48. The highest BCUT2D eigenvalue weighted by atomic mass is 32.2. The Hall–Kier alpha value is -3.02. The van der Waals surface area contributed by atoms with Crippen LogP contribution in [0.15, 0.2) is 35.4 Å². The number of fused-ring (bicyclic) bond motifs is 1. The Kier molecular flexibility index (Phi) is 5.81. The van der Waals surface area contributed by atoms with Gasteiger partial charge in [0.1, 0.15) is 18.0 Å². The van der Waals surface area contributed by atoms with Gasteiger partial charge in [0.05, 0.1) is 23.1 Å². The maximum Gasteiger partial charge on any atom is 0.416 e. The molecule has 0 radical (unpaired) electrons. The normalized spacial score (nSPS) is 20.6. The van der Waals surface area contributed by atoms with E-state index in [-0.39, 0.29) is 17.5 Å². The fraction of sp³-hybridized carbons (Fsp3) is 0.458. The van der Waals surface area contributed by atoms with Crippen LogP contribution in [0.5, 0.6) is 0 Å². The van der Waals surface area contributed by atoms with Crippen LogP contribution in [0.4, 0.5) is 10.6 Å². The fourth-order valence-corrected chi connectivity index (χ4v) is 5.59. The number of cyclic esters (lactones) is 1. The number of ether oxygens (including phenoxy) is 2. The largest absolute Gasteiger partial charge is 0.457 e. The monoisotopic (exact) mass is 501 g/mol. The zero-order valence-corrected chi connectivity index (χ0v) is 20.4. The van der Waals surface area contributed by atoms with E-state index in [1.807, 2.05) is 6.92 Å². The number of anilines is 1. The third-order valence-corrected chi connectivity index (χ3v) is 8.26. The molecule has 3 aliphatic rings. The number of aliphatic hydroxyl groups is 1. The minimum absolute atomic E-state index is 0.0909. The van der Waals surface area contributed by atoms with Gasteiger partial charge in [0, 0.05) is 50.5 Å². The highest BCUT2D eigenvalue weighted by Crippen LogP contribution is 2.36. The summed E-state index contributed by atoms with van der Waals surface area (Å²) in [6.45, 7) is 4.19. The van der Waals surface area contributed by atoms with Crippen molar-refractivity contribution in [3.05, 3.63) is 52.7 Å². The summed E-state index contributed by atoms with van der Waals surface area (Å²) in [6.07, 6.45) is 2.35. The maximum absolute atomic E-state index is 12.6. The predicted molar refractivity (Wildman–Crippen MR) is 125 cm³/mol. The van der Waals surface area contributed by atoms with Crippen LogP contribution in [0.1, 0.15) is 46.0 Å². The Balaban J connectivity index is 1.21. The number of piperidine rings is 1. The maximum atomic E-state index is 12.6. The van der Waals surface area contributed by atoms with Gasteiger partial charge >= 0.3 is 12.1 Å². The number of amides is 1. The Morgan fingerprint density at radius 2 is 1.91 bits per heavy atom. The molecule has 1 amide bonds. The van der Waals surface area contributed by atoms with Gasteiger partial charge in [-0.05, 0) is 36.2 Å². The van der Waals surface area contributed by atoms with Crippen molar-refractivity contribution in [2.45, 2.75) is 43.0 Å². The fourth-order valence-electron chi connectivity index (χ4n) is 5.03. The lowest BCUT2D eigenvalue weighted by Crippen LogP contribution is -2.47. The first-order valence-electron chi connectivity index (χ1n) is 11.4. The number of benzene rings is 1. The standard InChI is InChI=1S/C24H27N3O7S/c1-15-17(4-5-18-19(15)13-33-22(18)29)20(28)12-26-9-7-24(8-10-26)14-27(23(30)34-24)21-6-3-16(11-25-21)35(2,31)32/h3-6,11,20,28H,7-10,12-14H2,1-2H3. The molecule has 1 aromatic carbocycles. The summed E-state index contributed by atoms with van der Waals surface area (Å²) < 4.78 is 34.2. The average Bonchev–Trinajstić information content (AvgIpc) is 3.35. The van der Waals surface area contributed by atoms with E-state index in [4.69, 9.17) is 9.47 Å². The van der Waals surface area contributed by atoms with E-state index < -0.39 is 27.6 Å². The van der Waals surface area contributed by atoms with E-state index >= 15 is 0 Å². The van der Waals surface area contributed by atoms with Crippen LogP contribution in [-0.2, 0) is 25.9 Å². The summed E-state index contributed by atoms with van der Waals surface area (Å²) in [5.74, 6) is 0.0267. The van der Waals surface area contributed by atoms with Gasteiger partial charge in [-0.3, -0.25) is 4.90 Å². The van der Waals surface area contributed by atoms with E-state index in [0.29, 0.717) is 50.4 Å². The van der Waals surface area contributed by atoms with Crippen LogP contribution in [0, 0.1) is 6.92 Å². The number of nitrogens with zero attached hydrogens (tertiary/aromatic N) is 3. The molecular weight excluding hydrogens is 474 g/mol. The molecule has 0 bridgehead atoms. The average molecular weight is 502 g/mol. The number of rotatable bonds is 5. The zero-order chi connectivity index (χ0) is 25.0. The molecule has 2 fully saturated rings. The first-order chi connectivity index (χ1) is 16.6. The van der Waals surface area contributed by atoms with E-state index in [1.54, 1.807) is 12.1 Å². The molecule has 11 heteroatoms. The van der Waals surface area contributed by atoms with Crippen molar-refractivity contribution in [3.8, 4) is 0 Å². The van der Waals surface area contributed by atoms with E-state index in [2.05, 4.69) is 9.88 Å². The quantitative estimate of drug-likeness (QED) is 0.612. The molecule has 1 spiro atoms. The molecule has 0 aliphatic carbocycles. The number of sulfone groups is 1. The molecule has 2 saturated heterocycles. The van der Waals surface area contributed by atoms with Gasteiger partial charge < -0.3 is 19.5 Å². The van der Waals surface area contributed by atoms with Crippen molar-refractivity contribution < 1.29 is 32.6 Å². The number of carbonyl (C=O) groups is 2. The number of esters is 1. The summed E-state index contributed by atoms with van der Waals surface area (Å²) in [4.78, 5) is 32.2. The third kappa shape index (κ3) is 4.39. The molecule has 4 heterocycles. The Morgan fingerprint density at radius 1 is 1.17 bits per heavy atom. The first-order valence-corrected chi connectivity index (χ1v) is 13.3. The number of likely N-dealkylation sites (tertiary alicyclic amines) is 1. The summed E-state index contributed by atoms with van der Waals surface area (Å²) in [7, 11) is -3.37. The minimum Gasteiger partial charge on any atom is -0.457 e. The third-order valence-electron chi connectivity index (χ3n) is 7.16. The number of hydrogen-bond donors (Lipinski definition) is 1. The van der Waals surface area contributed by atoms with Crippen LogP contribution in [0.25, 0.3) is 0 Å². The Bertz CT molecular complexity index is 1280. The molecule has 3 aliphatic heterocycles. The first kappa shape index (κ1) is 23.7. The van der Waals surface area contributed by atoms with E-state index in [9.17, 15) is 23.1 Å². The van der Waals surface area contributed by atoms with Crippen LogP contribution in [0.3, 0.4) is 0 Å². The molecule has 0 saturated carbocycles. The van der Waals surface area contributed by atoms with Gasteiger partial charge in [0.2, 0.25) is 0 Å². The van der Waals surface area contributed by atoms with E-state index in [0.717, 1.165) is 22.9 Å². The highest BCUT2D eigenvalue weighted by molar-refractivity contribution is 7.90. The van der Waals surface area contributed by atoms with Crippen LogP contribution < -0.4 is 4.90 Å². The second kappa shape index (κ2) is 8.58. The SMILES string of the molecule is Cc1c(C(O)CN2CCC3(CC2)CN(c2ccc(S(C)(=O)=O)cn2)C(=O)O3)ccc2c1COC2=O. The number of pyridine rings is 1. The lowest BCUT2D eigenvalue weighted by molar-refractivity contribution is -0.00987. The van der Waals surface area contributed by atoms with Crippen molar-refractivity contribution in [1.82, 2.24) is 9.88 Å². The van der Waals surface area contributed by atoms with Gasteiger partial charge in [0.15, 0.2) is 9.84 Å². The van der Waals surface area contributed by atoms with Crippen molar-refractivity contribution in [2.75, 3.05) is 37.3 Å². The van der Waals surface area contributed by atoms with Crippen LogP contribution in [-0.4, -0.2) is 73.5 Å². The number of aromatic nitrogens is 1. The van der Waals surface area contributed by atoms with Gasteiger partial charge in [-0.1, -0.05) is 6.07 Å². The Morgan fingerprint density at radius 3 is 2.57 bits per heavy atom. The van der Waals surface area contributed by atoms with Crippen LogP contribution in [0.2, 0.25) is 0 Å². The second-order valence-electron chi connectivity index (χ2n) is 9.46. The Labute approximate surface area is 203 Å². The smallest absolute Gasteiger partial charge is 0.416 e. The van der Waals surface area contributed by atoms with Gasteiger partial charge in [-0.25, -0.2) is 23.0 Å². The molecule has 10 nitrogen and oxygen atoms in total. The van der Waals surface area contributed by atoms with Gasteiger partial charge in [-0.15, -0.1) is 0 Å². The predicted octanol–water partition coefficient (Wildman–Crippen LogP) is 1.99. The molecule has 35 heavy (non-hydrogen) atoms. The topological polar surface area (TPSA) is 126 Å². The molecule has 2 aromatic rings. The van der Waals surface area contributed by atoms with Crippen molar-refractivity contribution in [3.63, 3.8) is 0 Å². The van der Waals surface area contributed by atoms with Gasteiger partial charge in [-0.2, -0.15) is 0 Å². The molecular formula is C24H27N3O7S. The lowest BCUT2D eigenvalue weighted by atomic mass is 9.90. The number of carbonyl (C=O) groups excluding carboxylic acids is 2. The number of aliphatic hydroxyl groups excluding tert-OH is 1. The van der Waals surface area contributed by atoms with Gasteiger partial charge in [0.25, 0.3) is 0 Å².